The van der Waals surface area contributed by atoms with E-state index in [4.69, 9.17) is 16.7 Å². The van der Waals surface area contributed by atoms with E-state index in [9.17, 15) is 18.0 Å². The molecule has 0 aliphatic rings. The molecule has 2 aromatic rings. The monoisotopic (exact) mass is 322 g/mol. The molecule has 2 N–H and O–H groups in total. The summed E-state index contributed by atoms with van der Waals surface area (Å²) in [5.74, 6) is -1.16. The summed E-state index contributed by atoms with van der Waals surface area (Å²) in [5, 5.41) is 11.5. The Morgan fingerprint density at radius 1 is 1.40 bits per heavy atom. The largest absolute Gasteiger partial charge is 0.477 e. The van der Waals surface area contributed by atoms with Crippen molar-refractivity contribution in [2.75, 3.05) is 5.32 Å². The van der Waals surface area contributed by atoms with Crippen molar-refractivity contribution in [1.82, 2.24) is 4.98 Å². The lowest BCUT2D eigenvalue weighted by atomic mass is 10.2. The van der Waals surface area contributed by atoms with Gasteiger partial charge < -0.3 is 10.4 Å². The van der Waals surface area contributed by atoms with Crippen LogP contribution in [0, 0.1) is 0 Å². The van der Waals surface area contributed by atoms with E-state index in [1.54, 1.807) is 0 Å². The number of aromatic nitrogens is 1. The fraction of sp³-hybridized carbons (Fsp3) is 0.0909. The van der Waals surface area contributed by atoms with E-state index >= 15 is 0 Å². The van der Waals surface area contributed by atoms with Gasteiger partial charge in [-0.15, -0.1) is 0 Å². The molecule has 0 amide bonds. The van der Waals surface area contributed by atoms with Crippen LogP contribution in [0.4, 0.5) is 24.0 Å². The molecule has 0 bridgehead atoms. The van der Waals surface area contributed by atoms with Gasteiger partial charge in [0.1, 0.15) is 4.88 Å². The maximum Gasteiger partial charge on any atom is 0.416 e. The first kappa shape index (κ1) is 14.6. The number of alkyl halides is 3. The number of benzene rings is 1. The summed E-state index contributed by atoms with van der Waals surface area (Å²) in [5.41, 5.74) is -0.854. The first-order valence-electron chi connectivity index (χ1n) is 5.10. The van der Waals surface area contributed by atoms with Crippen molar-refractivity contribution in [3.63, 3.8) is 0 Å². The van der Waals surface area contributed by atoms with Crippen molar-refractivity contribution >= 4 is 39.7 Å². The lowest BCUT2D eigenvalue weighted by Crippen LogP contribution is -2.05. The molecule has 2 rings (SSSR count). The van der Waals surface area contributed by atoms with E-state index in [0.29, 0.717) is 0 Å². The number of hydrogen-bond donors (Lipinski definition) is 2. The van der Waals surface area contributed by atoms with Gasteiger partial charge in [-0.1, -0.05) is 22.9 Å². The second kappa shape index (κ2) is 5.29. The highest BCUT2D eigenvalue weighted by atomic mass is 35.5. The molecule has 1 heterocycles. The fourth-order valence-corrected chi connectivity index (χ4v) is 2.18. The molecule has 0 spiro atoms. The van der Waals surface area contributed by atoms with Crippen molar-refractivity contribution in [2.45, 2.75) is 6.18 Å². The summed E-state index contributed by atoms with van der Waals surface area (Å²) in [6, 6.07) is 2.81. The first-order chi connectivity index (χ1) is 9.27. The molecular formula is C11H6ClF3N2O2S. The Bertz CT molecular complexity index is 657. The van der Waals surface area contributed by atoms with Gasteiger partial charge in [-0.3, -0.25) is 0 Å². The standard InChI is InChI=1S/C11H6ClF3N2O2S/c12-6-2-1-5(11(13,14)15)3-7(6)17-10-16-4-8(20-10)9(18)19/h1-4H,(H,16,17)(H,18,19). The molecule has 1 aromatic carbocycles. The lowest BCUT2D eigenvalue weighted by molar-refractivity contribution is -0.137. The van der Waals surface area contributed by atoms with Crippen LogP contribution < -0.4 is 5.32 Å². The number of carboxylic acid groups (broad SMARTS) is 1. The van der Waals surface area contributed by atoms with Gasteiger partial charge in [0, 0.05) is 0 Å². The first-order valence-corrected chi connectivity index (χ1v) is 6.29. The zero-order valence-corrected chi connectivity index (χ0v) is 11.1. The smallest absolute Gasteiger partial charge is 0.416 e. The molecule has 4 nitrogen and oxygen atoms in total. The maximum absolute atomic E-state index is 12.6. The van der Waals surface area contributed by atoms with Gasteiger partial charge in [-0.2, -0.15) is 13.2 Å². The number of thiazole rings is 1. The highest BCUT2D eigenvalue weighted by Gasteiger charge is 2.31. The van der Waals surface area contributed by atoms with Gasteiger partial charge >= 0.3 is 12.1 Å². The van der Waals surface area contributed by atoms with Crippen molar-refractivity contribution in [3.05, 3.63) is 39.9 Å². The van der Waals surface area contributed by atoms with E-state index in [0.717, 1.165) is 35.7 Å². The number of halogens is 4. The molecule has 0 fully saturated rings. The van der Waals surface area contributed by atoms with Gasteiger partial charge in [-0.25, -0.2) is 9.78 Å². The SMILES string of the molecule is O=C(O)c1cnc(Nc2cc(C(F)(F)F)ccc2Cl)s1. The van der Waals surface area contributed by atoms with Crippen LogP contribution in [0.2, 0.25) is 5.02 Å². The number of nitrogens with zero attached hydrogens (tertiary/aromatic N) is 1. The number of carbonyl (C=O) groups is 1. The van der Waals surface area contributed by atoms with Gasteiger partial charge in [0.05, 0.1) is 22.5 Å². The minimum Gasteiger partial charge on any atom is -0.477 e. The summed E-state index contributed by atoms with van der Waals surface area (Å²) < 4.78 is 37.8. The minimum absolute atomic E-state index is 0.00720. The molecule has 0 unspecified atom stereocenters. The van der Waals surface area contributed by atoms with Crippen molar-refractivity contribution in [2.24, 2.45) is 0 Å². The van der Waals surface area contributed by atoms with E-state index in [1.807, 2.05) is 0 Å². The van der Waals surface area contributed by atoms with Crippen LogP contribution in [0.15, 0.2) is 24.4 Å². The molecule has 0 saturated heterocycles. The van der Waals surface area contributed by atoms with Crippen LogP contribution >= 0.6 is 22.9 Å². The van der Waals surface area contributed by atoms with E-state index in [1.165, 1.54) is 0 Å². The topological polar surface area (TPSA) is 62.2 Å². The van der Waals surface area contributed by atoms with Crippen LogP contribution in [-0.4, -0.2) is 16.1 Å². The number of nitrogens with one attached hydrogen (secondary N) is 1. The van der Waals surface area contributed by atoms with Crippen molar-refractivity contribution < 1.29 is 23.1 Å². The number of rotatable bonds is 3. The average molecular weight is 323 g/mol. The highest BCUT2D eigenvalue weighted by Crippen LogP contribution is 2.35. The van der Waals surface area contributed by atoms with Gasteiger partial charge in [-0.05, 0) is 18.2 Å². The third kappa shape index (κ3) is 3.20. The van der Waals surface area contributed by atoms with E-state index < -0.39 is 17.7 Å². The van der Waals surface area contributed by atoms with Crippen LogP contribution in [0.1, 0.15) is 15.2 Å². The number of aromatic carboxylic acids is 1. The summed E-state index contributed by atoms with van der Waals surface area (Å²) in [6.45, 7) is 0. The van der Waals surface area contributed by atoms with Crippen LogP contribution in [-0.2, 0) is 6.18 Å². The van der Waals surface area contributed by atoms with E-state index in [-0.39, 0.29) is 20.7 Å². The third-order valence-electron chi connectivity index (χ3n) is 2.25. The van der Waals surface area contributed by atoms with Crippen molar-refractivity contribution in [3.8, 4) is 0 Å². The highest BCUT2D eigenvalue weighted by molar-refractivity contribution is 7.17. The summed E-state index contributed by atoms with van der Waals surface area (Å²) in [6.07, 6.45) is -3.38. The molecule has 0 atom stereocenters. The molecule has 1 aromatic heterocycles. The zero-order chi connectivity index (χ0) is 14.9. The van der Waals surface area contributed by atoms with Crippen LogP contribution in [0.5, 0.6) is 0 Å². The molecular weight excluding hydrogens is 317 g/mol. The molecule has 0 saturated carbocycles. The summed E-state index contributed by atoms with van der Waals surface area (Å²) in [4.78, 5) is 14.4. The maximum atomic E-state index is 12.6. The molecule has 0 aliphatic carbocycles. The Morgan fingerprint density at radius 3 is 2.65 bits per heavy atom. The minimum atomic E-state index is -4.49. The third-order valence-corrected chi connectivity index (χ3v) is 3.48. The second-order valence-electron chi connectivity index (χ2n) is 3.65. The van der Waals surface area contributed by atoms with Crippen LogP contribution in [0.3, 0.4) is 0 Å². The average Bonchev–Trinajstić information content (AvgIpc) is 2.79. The summed E-state index contributed by atoms with van der Waals surface area (Å²) in [7, 11) is 0. The predicted octanol–water partition coefficient (Wildman–Crippen LogP) is 4.26. The lowest BCUT2D eigenvalue weighted by Gasteiger charge is -2.10. The fourth-order valence-electron chi connectivity index (χ4n) is 1.34. The van der Waals surface area contributed by atoms with Gasteiger partial charge in [0.25, 0.3) is 0 Å². The van der Waals surface area contributed by atoms with Gasteiger partial charge in [0.2, 0.25) is 0 Å². The number of hydrogen-bond acceptors (Lipinski definition) is 4. The second-order valence-corrected chi connectivity index (χ2v) is 5.09. The zero-order valence-electron chi connectivity index (χ0n) is 9.53. The molecule has 0 radical (unpaired) electrons. The normalized spacial score (nSPS) is 11.4. The molecule has 106 valence electrons. The van der Waals surface area contributed by atoms with Crippen molar-refractivity contribution in [1.29, 1.82) is 0 Å². The van der Waals surface area contributed by atoms with Gasteiger partial charge in [0.15, 0.2) is 5.13 Å². The number of carboxylic acids is 1. The quantitative estimate of drug-likeness (QED) is 0.886. The molecule has 9 heteroatoms. The Labute approximate surface area is 119 Å². The molecule has 0 aliphatic heterocycles. The Kier molecular flexibility index (Phi) is 3.87. The molecule has 20 heavy (non-hydrogen) atoms. The predicted molar refractivity (Wildman–Crippen MR) is 68.8 cm³/mol. The number of anilines is 2. The van der Waals surface area contributed by atoms with E-state index in [2.05, 4.69) is 10.3 Å². The Morgan fingerprint density at radius 2 is 2.10 bits per heavy atom. The Balaban J connectivity index is 2.30. The van der Waals surface area contributed by atoms with Crippen LogP contribution in [0.25, 0.3) is 0 Å². The summed E-state index contributed by atoms with van der Waals surface area (Å²) >= 11 is 6.59. The Hall–Kier alpha value is -1.80.